The van der Waals surface area contributed by atoms with E-state index in [0.29, 0.717) is 43.0 Å². The molecule has 4 aromatic rings. The second-order valence-corrected chi connectivity index (χ2v) is 11.2. The van der Waals surface area contributed by atoms with Gasteiger partial charge in [0.2, 0.25) is 0 Å². The highest BCUT2D eigenvalue weighted by atomic mass is 19.4. The van der Waals surface area contributed by atoms with Gasteiger partial charge < -0.3 is 10.4 Å². The lowest BCUT2D eigenvalue weighted by Crippen LogP contribution is -2.43. The van der Waals surface area contributed by atoms with Crippen molar-refractivity contribution in [2.75, 3.05) is 5.32 Å². The first-order chi connectivity index (χ1) is 20.0. The molecule has 2 aliphatic carbocycles. The summed E-state index contributed by atoms with van der Waals surface area (Å²) in [5, 5.41) is 14.9. The molecule has 1 amide bonds. The van der Waals surface area contributed by atoms with Crippen molar-refractivity contribution in [2.45, 2.75) is 49.3 Å². The number of carbonyl (C=O) groups excluding carboxylic acids is 2. The van der Waals surface area contributed by atoms with Crippen molar-refractivity contribution in [2.24, 2.45) is 0 Å². The number of halogens is 4. The third kappa shape index (κ3) is 5.11. The molecule has 4 nitrogen and oxygen atoms in total. The fourth-order valence-corrected chi connectivity index (χ4v) is 5.94. The summed E-state index contributed by atoms with van der Waals surface area (Å²) >= 11 is 0. The molecule has 2 N–H and O–H groups in total. The number of benzene rings is 4. The molecule has 1 unspecified atom stereocenters. The summed E-state index contributed by atoms with van der Waals surface area (Å²) in [6.07, 6.45) is -3.45. The van der Waals surface area contributed by atoms with Crippen LogP contribution in [0.1, 0.15) is 58.3 Å². The van der Waals surface area contributed by atoms with Crippen LogP contribution in [0.3, 0.4) is 0 Å². The molecule has 0 aliphatic heterocycles. The Bertz CT molecular complexity index is 1680. The van der Waals surface area contributed by atoms with Gasteiger partial charge in [-0.05, 0) is 89.9 Å². The van der Waals surface area contributed by atoms with Gasteiger partial charge in [-0.3, -0.25) is 9.59 Å². The van der Waals surface area contributed by atoms with Crippen molar-refractivity contribution in [3.8, 4) is 11.1 Å². The zero-order valence-corrected chi connectivity index (χ0v) is 22.5. The maximum atomic E-state index is 15.0. The monoisotopic (exact) mass is 573 g/mol. The predicted octanol–water partition coefficient (Wildman–Crippen LogP) is 7.59. The van der Waals surface area contributed by atoms with E-state index in [1.54, 1.807) is 42.5 Å². The smallest absolute Gasteiger partial charge is 0.375 e. The Morgan fingerprint density at radius 3 is 2.17 bits per heavy atom. The average molecular weight is 574 g/mol. The van der Waals surface area contributed by atoms with Gasteiger partial charge in [0.05, 0.1) is 5.56 Å². The second-order valence-electron chi connectivity index (χ2n) is 11.2. The van der Waals surface area contributed by atoms with Crippen molar-refractivity contribution >= 4 is 17.4 Å². The number of alkyl halides is 3. The highest BCUT2D eigenvalue weighted by Crippen LogP contribution is 2.56. The maximum Gasteiger partial charge on any atom is 0.416 e. The number of nitrogens with one attached hydrogen (secondary N) is 1. The molecule has 214 valence electrons. The minimum Gasteiger partial charge on any atom is -0.375 e. The number of amides is 1. The lowest BCUT2D eigenvalue weighted by Gasteiger charge is -2.32. The van der Waals surface area contributed by atoms with Crippen LogP contribution in [-0.4, -0.2) is 16.8 Å². The van der Waals surface area contributed by atoms with Crippen LogP contribution in [0.15, 0.2) is 91.0 Å². The zero-order chi connectivity index (χ0) is 29.7. The zero-order valence-electron chi connectivity index (χ0n) is 22.5. The van der Waals surface area contributed by atoms with Crippen LogP contribution in [0.25, 0.3) is 11.1 Å². The number of Topliss-reactive ketones (excluding diaryl/α,β-unsaturated/α-hetero) is 1. The average Bonchev–Trinajstić information content (AvgIpc) is 3.66. The van der Waals surface area contributed by atoms with Gasteiger partial charge in [-0.1, -0.05) is 54.6 Å². The standard InChI is InChI=1S/C34H27F4NO3/c35-29-14-11-25(34(36,37)38)19-28(29)32(16-17-32)20-33(42,24-9-6-22(7-10-24)21-4-2-1-3-5-21)31(41)39-26-12-13-27-23(18-26)8-15-30(27)40/h1-7,9-14,18-19,42H,8,15-17,20H2,(H,39,41). The van der Waals surface area contributed by atoms with Crippen LogP contribution in [0.2, 0.25) is 0 Å². The lowest BCUT2D eigenvalue weighted by atomic mass is 9.78. The largest absolute Gasteiger partial charge is 0.416 e. The minimum atomic E-state index is -4.67. The summed E-state index contributed by atoms with van der Waals surface area (Å²) < 4.78 is 55.6. The molecule has 0 heterocycles. The van der Waals surface area contributed by atoms with E-state index in [9.17, 15) is 27.9 Å². The first kappa shape index (κ1) is 27.8. The van der Waals surface area contributed by atoms with Crippen LogP contribution < -0.4 is 5.32 Å². The van der Waals surface area contributed by atoms with Crippen LogP contribution in [0, 0.1) is 5.82 Å². The summed E-state index contributed by atoms with van der Waals surface area (Å²) in [5.41, 5.74) is -0.767. The molecule has 0 bridgehead atoms. The van der Waals surface area contributed by atoms with Gasteiger partial charge in [-0.25, -0.2) is 4.39 Å². The molecule has 0 spiro atoms. The Labute approximate surface area is 240 Å². The molecule has 1 fully saturated rings. The highest BCUT2D eigenvalue weighted by Gasteiger charge is 2.54. The Hall–Kier alpha value is -4.30. The third-order valence-electron chi connectivity index (χ3n) is 8.44. The molecule has 2 aliphatic rings. The van der Waals surface area contributed by atoms with E-state index < -0.39 is 34.5 Å². The summed E-state index contributed by atoms with van der Waals surface area (Å²) in [6.45, 7) is 0. The van der Waals surface area contributed by atoms with Gasteiger partial charge in [0.25, 0.3) is 5.91 Å². The van der Waals surface area contributed by atoms with Crippen LogP contribution in [0.5, 0.6) is 0 Å². The molecule has 42 heavy (non-hydrogen) atoms. The van der Waals surface area contributed by atoms with Crippen molar-refractivity contribution in [1.29, 1.82) is 0 Å². The van der Waals surface area contributed by atoms with E-state index in [0.717, 1.165) is 28.8 Å². The van der Waals surface area contributed by atoms with Crippen LogP contribution >= 0.6 is 0 Å². The number of anilines is 1. The molecule has 8 heteroatoms. The van der Waals surface area contributed by atoms with Gasteiger partial charge in [0.15, 0.2) is 11.4 Å². The number of carbonyl (C=O) groups is 2. The van der Waals surface area contributed by atoms with Crippen LogP contribution in [0.4, 0.5) is 23.2 Å². The molecular weight excluding hydrogens is 546 g/mol. The Balaban J connectivity index is 1.38. The summed E-state index contributed by atoms with van der Waals surface area (Å²) in [6, 6.07) is 23.4. The van der Waals surface area contributed by atoms with Gasteiger partial charge in [0, 0.05) is 23.1 Å². The first-order valence-corrected chi connectivity index (χ1v) is 13.7. The highest BCUT2D eigenvalue weighted by molar-refractivity contribution is 6.02. The molecule has 0 saturated heterocycles. The minimum absolute atomic E-state index is 0.0247. The molecule has 1 atom stereocenters. The van der Waals surface area contributed by atoms with Gasteiger partial charge in [0.1, 0.15) is 5.82 Å². The number of fused-ring (bicyclic) bond motifs is 1. The Kier molecular flexibility index (Phi) is 6.77. The lowest BCUT2D eigenvalue weighted by molar-refractivity contribution is -0.138. The molecule has 4 aromatic carbocycles. The molecular formula is C34H27F4NO3. The van der Waals surface area contributed by atoms with Crippen molar-refractivity contribution < 1.29 is 32.3 Å². The Morgan fingerprint density at radius 1 is 0.833 bits per heavy atom. The van der Waals surface area contributed by atoms with Crippen molar-refractivity contribution in [3.05, 3.63) is 125 Å². The first-order valence-electron chi connectivity index (χ1n) is 13.7. The van der Waals surface area contributed by atoms with Crippen molar-refractivity contribution in [3.63, 3.8) is 0 Å². The van der Waals surface area contributed by atoms with E-state index in [1.807, 2.05) is 30.3 Å². The third-order valence-corrected chi connectivity index (χ3v) is 8.44. The number of hydrogen-bond donors (Lipinski definition) is 2. The molecule has 0 radical (unpaired) electrons. The molecule has 1 saturated carbocycles. The number of hydrogen-bond acceptors (Lipinski definition) is 3. The quantitative estimate of drug-likeness (QED) is 0.224. The molecule has 6 rings (SSSR count). The van der Waals surface area contributed by atoms with Gasteiger partial charge >= 0.3 is 6.18 Å². The van der Waals surface area contributed by atoms with E-state index in [2.05, 4.69) is 5.32 Å². The number of rotatable bonds is 7. The van der Waals surface area contributed by atoms with E-state index in [4.69, 9.17) is 0 Å². The fraction of sp³-hybridized carbons (Fsp3) is 0.235. The summed E-state index contributed by atoms with van der Waals surface area (Å²) in [7, 11) is 0. The topological polar surface area (TPSA) is 66.4 Å². The summed E-state index contributed by atoms with van der Waals surface area (Å²) in [4.78, 5) is 26.0. The number of ketones is 1. The summed E-state index contributed by atoms with van der Waals surface area (Å²) in [5.74, 6) is -1.58. The molecule has 0 aromatic heterocycles. The van der Waals surface area contributed by atoms with Gasteiger partial charge in [-0.15, -0.1) is 0 Å². The van der Waals surface area contributed by atoms with E-state index in [-0.39, 0.29) is 23.3 Å². The fourth-order valence-electron chi connectivity index (χ4n) is 5.94. The van der Waals surface area contributed by atoms with E-state index in [1.165, 1.54) is 0 Å². The van der Waals surface area contributed by atoms with Crippen LogP contribution in [-0.2, 0) is 28.4 Å². The predicted molar refractivity (Wildman–Crippen MR) is 150 cm³/mol. The SMILES string of the molecule is O=C1CCc2cc(NC(=O)C(O)(CC3(c4cc(C(F)(F)F)ccc4F)CC3)c3ccc(-c4ccccc4)cc3)ccc21. The number of aryl methyl sites for hydroxylation is 1. The normalized spacial score (nSPS) is 16.9. The maximum absolute atomic E-state index is 15.0. The van der Waals surface area contributed by atoms with E-state index >= 15 is 4.39 Å². The Morgan fingerprint density at radius 2 is 1.50 bits per heavy atom. The number of aliphatic hydroxyl groups is 1. The second kappa shape index (κ2) is 10.2. The van der Waals surface area contributed by atoms with Gasteiger partial charge in [-0.2, -0.15) is 13.2 Å². The van der Waals surface area contributed by atoms with Crippen molar-refractivity contribution in [1.82, 2.24) is 0 Å².